The molecule has 0 saturated heterocycles. The highest BCUT2D eigenvalue weighted by molar-refractivity contribution is 5.30. The number of ether oxygens (including phenoxy) is 1. The Hall–Kier alpha value is -1.65. The number of nitrogens with zero attached hydrogens (tertiary/aromatic N) is 2. The van der Waals surface area contributed by atoms with Crippen LogP contribution in [0.15, 0.2) is 42.7 Å². The summed E-state index contributed by atoms with van der Waals surface area (Å²) in [7, 11) is 1.74. The lowest BCUT2D eigenvalue weighted by atomic mass is 10.3. The third-order valence-corrected chi connectivity index (χ3v) is 2.94. The van der Waals surface area contributed by atoms with Crippen molar-refractivity contribution in [2.75, 3.05) is 20.3 Å². The van der Waals surface area contributed by atoms with Gasteiger partial charge in [-0.2, -0.15) is 5.10 Å². The molecule has 1 N–H and O–H groups in total. The Balaban J connectivity index is 1.75. The Bertz CT molecular complexity index is 467. The molecule has 2 rings (SSSR count). The highest BCUT2D eigenvalue weighted by atomic mass is 16.5. The van der Waals surface area contributed by atoms with Crippen molar-refractivity contribution in [1.82, 2.24) is 15.1 Å². The maximum atomic E-state index is 5.02. The van der Waals surface area contributed by atoms with Crippen LogP contribution in [0.4, 0.5) is 0 Å². The number of hydrogen-bond donors (Lipinski definition) is 1. The zero-order valence-electron chi connectivity index (χ0n) is 11.4. The molecule has 4 nitrogen and oxygen atoms in total. The minimum Gasteiger partial charge on any atom is -0.385 e. The van der Waals surface area contributed by atoms with Crippen molar-refractivity contribution in [1.29, 1.82) is 0 Å². The summed E-state index contributed by atoms with van der Waals surface area (Å²) >= 11 is 0. The number of benzene rings is 1. The molecule has 19 heavy (non-hydrogen) atoms. The Morgan fingerprint density at radius 3 is 2.84 bits per heavy atom. The molecule has 0 amide bonds. The van der Waals surface area contributed by atoms with E-state index in [2.05, 4.69) is 28.7 Å². The Labute approximate surface area is 114 Å². The molecular formula is C15H21N3O. The molecule has 0 unspecified atom stereocenters. The zero-order chi connectivity index (χ0) is 13.3. The van der Waals surface area contributed by atoms with E-state index in [9.17, 15) is 0 Å². The molecule has 0 saturated carbocycles. The number of methoxy groups -OCH3 is 1. The van der Waals surface area contributed by atoms with Crippen molar-refractivity contribution >= 4 is 0 Å². The predicted molar refractivity (Wildman–Crippen MR) is 76.4 cm³/mol. The van der Waals surface area contributed by atoms with E-state index < -0.39 is 0 Å². The smallest absolute Gasteiger partial charge is 0.0645 e. The fraction of sp³-hybridized carbons (Fsp3) is 0.400. The van der Waals surface area contributed by atoms with Crippen molar-refractivity contribution in [2.24, 2.45) is 0 Å². The average molecular weight is 259 g/mol. The van der Waals surface area contributed by atoms with Crippen molar-refractivity contribution in [3.05, 3.63) is 48.3 Å². The molecule has 1 aromatic heterocycles. The summed E-state index contributed by atoms with van der Waals surface area (Å²) in [4.78, 5) is 0. The molecule has 1 aromatic carbocycles. The zero-order valence-corrected chi connectivity index (χ0v) is 11.4. The molecule has 0 aliphatic heterocycles. The van der Waals surface area contributed by atoms with E-state index >= 15 is 0 Å². The van der Waals surface area contributed by atoms with Crippen LogP contribution < -0.4 is 5.32 Å². The molecule has 0 radical (unpaired) electrons. The molecule has 0 aliphatic rings. The first-order valence-electron chi connectivity index (χ1n) is 6.69. The molecule has 0 bridgehead atoms. The maximum absolute atomic E-state index is 5.02. The van der Waals surface area contributed by atoms with Crippen molar-refractivity contribution < 1.29 is 4.74 Å². The summed E-state index contributed by atoms with van der Waals surface area (Å²) < 4.78 is 6.92. The van der Waals surface area contributed by atoms with E-state index in [-0.39, 0.29) is 0 Å². The lowest BCUT2D eigenvalue weighted by Crippen LogP contribution is -2.14. The molecule has 0 aliphatic carbocycles. The van der Waals surface area contributed by atoms with Crippen LogP contribution in [0.25, 0.3) is 5.69 Å². The SMILES string of the molecule is COCCCCNCc1cnn(-c2ccccc2)c1. The quantitative estimate of drug-likeness (QED) is 0.740. The van der Waals surface area contributed by atoms with Gasteiger partial charge in [0.05, 0.1) is 11.9 Å². The van der Waals surface area contributed by atoms with Gasteiger partial charge in [0.15, 0.2) is 0 Å². The van der Waals surface area contributed by atoms with E-state index in [1.165, 1.54) is 5.56 Å². The minimum absolute atomic E-state index is 0.841. The summed E-state index contributed by atoms with van der Waals surface area (Å²) in [5.74, 6) is 0. The second-order valence-corrected chi connectivity index (χ2v) is 4.51. The first kappa shape index (κ1) is 13.8. The van der Waals surface area contributed by atoms with Crippen LogP contribution in [0.1, 0.15) is 18.4 Å². The fourth-order valence-electron chi connectivity index (χ4n) is 1.90. The molecule has 0 atom stereocenters. The fourth-order valence-corrected chi connectivity index (χ4v) is 1.90. The summed E-state index contributed by atoms with van der Waals surface area (Å²) in [5.41, 5.74) is 2.30. The number of hydrogen-bond acceptors (Lipinski definition) is 3. The third kappa shape index (κ3) is 4.50. The summed E-state index contributed by atoms with van der Waals surface area (Å²) in [6, 6.07) is 10.1. The van der Waals surface area contributed by atoms with Crippen LogP contribution in [0.2, 0.25) is 0 Å². The van der Waals surface area contributed by atoms with Gasteiger partial charge in [-0.25, -0.2) is 4.68 Å². The maximum Gasteiger partial charge on any atom is 0.0645 e. The van der Waals surface area contributed by atoms with Crippen LogP contribution in [-0.2, 0) is 11.3 Å². The summed E-state index contributed by atoms with van der Waals surface area (Å²) in [5, 5.41) is 7.79. The van der Waals surface area contributed by atoms with E-state index in [1.807, 2.05) is 29.1 Å². The normalized spacial score (nSPS) is 10.8. The number of unbranched alkanes of at least 4 members (excludes halogenated alkanes) is 1. The largest absolute Gasteiger partial charge is 0.385 e. The van der Waals surface area contributed by atoms with E-state index in [1.54, 1.807) is 7.11 Å². The lowest BCUT2D eigenvalue weighted by Gasteiger charge is -2.02. The third-order valence-electron chi connectivity index (χ3n) is 2.94. The van der Waals surface area contributed by atoms with Gasteiger partial charge in [-0.1, -0.05) is 18.2 Å². The summed E-state index contributed by atoms with van der Waals surface area (Å²) in [6.07, 6.45) is 6.22. The molecule has 4 heteroatoms. The molecule has 102 valence electrons. The van der Waals surface area contributed by atoms with Crippen LogP contribution >= 0.6 is 0 Å². The number of aromatic nitrogens is 2. The monoisotopic (exact) mass is 259 g/mol. The van der Waals surface area contributed by atoms with Gasteiger partial charge in [0.25, 0.3) is 0 Å². The van der Waals surface area contributed by atoms with E-state index in [0.717, 1.165) is 38.2 Å². The van der Waals surface area contributed by atoms with Gasteiger partial charge in [-0.3, -0.25) is 0 Å². The minimum atomic E-state index is 0.841. The van der Waals surface area contributed by atoms with Gasteiger partial charge >= 0.3 is 0 Å². The van der Waals surface area contributed by atoms with Gasteiger partial charge in [0.1, 0.15) is 0 Å². The van der Waals surface area contributed by atoms with Gasteiger partial charge in [0.2, 0.25) is 0 Å². The number of rotatable bonds is 8. The van der Waals surface area contributed by atoms with Gasteiger partial charge in [-0.15, -0.1) is 0 Å². The number of nitrogens with one attached hydrogen (secondary N) is 1. The first-order chi connectivity index (χ1) is 9.40. The lowest BCUT2D eigenvalue weighted by molar-refractivity contribution is 0.192. The van der Waals surface area contributed by atoms with Crippen LogP contribution in [0.5, 0.6) is 0 Å². The number of para-hydroxylation sites is 1. The van der Waals surface area contributed by atoms with E-state index in [4.69, 9.17) is 4.74 Å². The highest BCUT2D eigenvalue weighted by Gasteiger charge is 1.99. The Morgan fingerprint density at radius 1 is 1.21 bits per heavy atom. The molecule has 0 spiro atoms. The van der Waals surface area contributed by atoms with Crippen LogP contribution in [0, 0.1) is 0 Å². The first-order valence-corrected chi connectivity index (χ1v) is 6.69. The second kappa shape index (κ2) is 7.71. The second-order valence-electron chi connectivity index (χ2n) is 4.51. The highest BCUT2D eigenvalue weighted by Crippen LogP contribution is 2.07. The van der Waals surface area contributed by atoms with Crippen molar-refractivity contribution in [3.63, 3.8) is 0 Å². The molecule has 2 aromatic rings. The molecule has 0 fully saturated rings. The predicted octanol–water partition coefficient (Wildman–Crippen LogP) is 2.39. The van der Waals surface area contributed by atoms with Crippen molar-refractivity contribution in [3.8, 4) is 5.69 Å². The molecule has 1 heterocycles. The average Bonchev–Trinajstić information content (AvgIpc) is 2.92. The Kier molecular flexibility index (Phi) is 5.59. The van der Waals surface area contributed by atoms with E-state index in [0.29, 0.717) is 0 Å². The van der Waals surface area contributed by atoms with Crippen LogP contribution in [-0.4, -0.2) is 30.0 Å². The van der Waals surface area contributed by atoms with Gasteiger partial charge < -0.3 is 10.1 Å². The molecular weight excluding hydrogens is 238 g/mol. The van der Waals surface area contributed by atoms with Gasteiger partial charge in [-0.05, 0) is 31.5 Å². The Morgan fingerprint density at radius 2 is 2.05 bits per heavy atom. The van der Waals surface area contributed by atoms with Crippen molar-refractivity contribution in [2.45, 2.75) is 19.4 Å². The standard InChI is InChI=1S/C15H21N3O/c1-19-10-6-5-9-16-11-14-12-17-18(13-14)15-7-3-2-4-8-15/h2-4,7-8,12-13,16H,5-6,9-11H2,1H3. The summed E-state index contributed by atoms with van der Waals surface area (Å²) in [6.45, 7) is 2.72. The van der Waals surface area contributed by atoms with Gasteiger partial charge in [0, 0.05) is 32.0 Å². The van der Waals surface area contributed by atoms with Crippen LogP contribution in [0.3, 0.4) is 0 Å². The topological polar surface area (TPSA) is 39.1 Å².